The second-order valence-electron chi connectivity index (χ2n) is 2.65. The minimum absolute atomic E-state index is 0.596. The first-order valence-electron chi connectivity index (χ1n) is 3.78. The fraction of sp³-hybridized carbons (Fsp3) is 0. The molecule has 1 aromatic carbocycles. The predicted molar refractivity (Wildman–Crippen MR) is 51.8 cm³/mol. The SMILES string of the molecule is N#Cc1cc2ccccc2nc1[Se]. The van der Waals surface area contributed by atoms with Crippen LogP contribution in [0.1, 0.15) is 5.56 Å². The molecule has 0 amide bonds. The maximum absolute atomic E-state index is 8.77. The van der Waals surface area contributed by atoms with Crippen molar-refractivity contribution in [2.24, 2.45) is 0 Å². The maximum atomic E-state index is 8.77. The van der Waals surface area contributed by atoms with Gasteiger partial charge in [-0.3, -0.25) is 0 Å². The molecule has 0 unspecified atom stereocenters. The first kappa shape index (κ1) is 8.25. The molecule has 0 aliphatic heterocycles. The first-order valence-corrected chi connectivity index (χ1v) is 4.64. The zero-order chi connectivity index (χ0) is 9.26. The molecule has 0 bridgehead atoms. The van der Waals surface area contributed by atoms with Crippen LogP contribution >= 0.6 is 0 Å². The predicted octanol–water partition coefficient (Wildman–Crippen LogP) is 0.900. The molecular formula is C10H5N2Se. The van der Waals surface area contributed by atoms with E-state index in [1.165, 1.54) is 0 Å². The summed E-state index contributed by atoms with van der Waals surface area (Å²) in [7, 11) is 0. The average molecular weight is 232 g/mol. The molecule has 0 spiro atoms. The van der Waals surface area contributed by atoms with Gasteiger partial charge in [0.2, 0.25) is 0 Å². The van der Waals surface area contributed by atoms with Crippen molar-refractivity contribution in [3.05, 3.63) is 35.9 Å². The Bertz CT molecular complexity index is 500. The van der Waals surface area contributed by atoms with E-state index in [2.05, 4.69) is 27.1 Å². The summed E-state index contributed by atoms with van der Waals surface area (Å²) in [5.74, 6) is 0. The molecular weight excluding hydrogens is 227 g/mol. The first-order chi connectivity index (χ1) is 6.31. The van der Waals surface area contributed by atoms with Crippen LogP contribution < -0.4 is 4.59 Å². The van der Waals surface area contributed by atoms with Crippen molar-refractivity contribution in [1.82, 2.24) is 4.98 Å². The Morgan fingerprint density at radius 1 is 1.31 bits per heavy atom. The van der Waals surface area contributed by atoms with E-state index < -0.39 is 0 Å². The fourth-order valence-electron chi connectivity index (χ4n) is 1.18. The summed E-state index contributed by atoms with van der Waals surface area (Å²) in [6, 6.07) is 11.7. The fourth-order valence-corrected chi connectivity index (χ4v) is 1.60. The van der Waals surface area contributed by atoms with Crippen molar-refractivity contribution in [1.29, 1.82) is 5.26 Å². The molecule has 2 rings (SSSR count). The third-order valence-corrected chi connectivity index (χ3v) is 2.46. The van der Waals surface area contributed by atoms with Gasteiger partial charge < -0.3 is 0 Å². The molecule has 61 valence electrons. The molecule has 0 N–H and O–H groups in total. The number of pyridine rings is 1. The van der Waals surface area contributed by atoms with Crippen LogP contribution in [0.3, 0.4) is 0 Å². The van der Waals surface area contributed by atoms with Crippen LogP contribution in [0.25, 0.3) is 10.9 Å². The summed E-state index contributed by atoms with van der Waals surface area (Å²) in [5.41, 5.74) is 1.51. The molecule has 3 heteroatoms. The van der Waals surface area contributed by atoms with E-state index in [-0.39, 0.29) is 0 Å². The summed E-state index contributed by atoms with van der Waals surface area (Å²) in [5, 5.41) is 9.77. The standard InChI is InChI=1S/C10H5N2Se/c11-6-8-5-7-3-1-2-4-9(7)12-10(8)13/h1-5H. The van der Waals surface area contributed by atoms with Crippen LogP contribution in [0.2, 0.25) is 0 Å². The van der Waals surface area contributed by atoms with E-state index >= 15 is 0 Å². The van der Waals surface area contributed by atoms with E-state index in [0.29, 0.717) is 10.2 Å². The molecule has 0 atom stereocenters. The van der Waals surface area contributed by atoms with E-state index in [4.69, 9.17) is 5.26 Å². The Hall–Kier alpha value is -1.36. The second kappa shape index (κ2) is 3.18. The molecule has 0 saturated carbocycles. The molecule has 1 aromatic heterocycles. The van der Waals surface area contributed by atoms with Crippen LogP contribution in [-0.4, -0.2) is 21.0 Å². The van der Waals surface area contributed by atoms with Crippen molar-refractivity contribution in [2.45, 2.75) is 0 Å². The number of para-hydroxylation sites is 1. The molecule has 2 aromatic rings. The van der Waals surface area contributed by atoms with Crippen LogP contribution in [-0.2, 0) is 0 Å². The van der Waals surface area contributed by atoms with E-state index in [1.807, 2.05) is 30.3 Å². The third kappa shape index (κ3) is 1.42. The van der Waals surface area contributed by atoms with Crippen LogP contribution in [0.15, 0.2) is 30.3 Å². The Labute approximate surface area is 84.0 Å². The summed E-state index contributed by atoms with van der Waals surface area (Å²) in [6.45, 7) is 0. The molecule has 0 fully saturated rings. The van der Waals surface area contributed by atoms with Gasteiger partial charge in [-0.2, -0.15) is 0 Å². The molecule has 0 aliphatic carbocycles. The van der Waals surface area contributed by atoms with Gasteiger partial charge in [0.15, 0.2) is 0 Å². The number of nitriles is 1. The monoisotopic (exact) mass is 233 g/mol. The van der Waals surface area contributed by atoms with Crippen molar-refractivity contribution in [3.63, 3.8) is 0 Å². The van der Waals surface area contributed by atoms with Gasteiger partial charge in [0.05, 0.1) is 0 Å². The van der Waals surface area contributed by atoms with Gasteiger partial charge in [0.1, 0.15) is 0 Å². The number of nitrogens with zero attached hydrogens (tertiary/aromatic N) is 2. The molecule has 1 radical (unpaired) electrons. The Morgan fingerprint density at radius 2 is 2.08 bits per heavy atom. The normalized spacial score (nSPS) is 9.77. The molecule has 13 heavy (non-hydrogen) atoms. The van der Waals surface area contributed by atoms with E-state index in [1.54, 1.807) is 0 Å². The van der Waals surface area contributed by atoms with Crippen LogP contribution in [0.4, 0.5) is 0 Å². The van der Waals surface area contributed by atoms with E-state index in [0.717, 1.165) is 10.9 Å². The van der Waals surface area contributed by atoms with Crippen LogP contribution in [0.5, 0.6) is 0 Å². The topological polar surface area (TPSA) is 36.7 Å². The average Bonchev–Trinajstić information content (AvgIpc) is 2.17. The van der Waals surface area contributed by atoms with E-state index in [9.17, 15) is 0 Å². The molecule has 1 heterocycles. The molecule has 0 saturated heterocycles. The second-order valence-corrected chi connectivity index (χ2v) is 3.46. The van der Waals surface area contributed by atoms with Gasteiger partial charge in [-0.1, -0.05) is 0 Å². The Balaban J connectivity index is 2.83. The number of hydrogen-bond donors (Lipinski definition) is 0. The van der Waals surface area contributed by atoms with Crippen molar-refractivity contribution < 1.29 is 0 Å². The minimum atomic E-state index is 0.596. The Morgan fingerprint density at radius 3 is 2.85 bits per heavy atom. The third-order valence-electron chi connectivity index (χ3n) is 1.81. The van der Waals surface area contributed by atoms with Crippen molar-refractivity contribution in [3.8, 4) is 6.07 Å². The van der Waals surface area contributed by atoms with Gasteiger partial charge in [-0.15, -0.1) is 0 Å². The van der Waals surface area contributed by atoms with Gasteiger partial charge in [-0.05, 0) is 0 Å². The molecule has 0 aliphatic rings. The van der Waals surface area contributed by atoms with Crippen LogP contribution in [0, 0.1) is 11.3 Å². The molecule has 2 nitrogen and oxygen atoms in total. The van der Waals surface area contributed by atoms with Gasteiger partial charge in [0, 0.05) is 0 Å². The number of rotatable bonds is 0. The quantitative estimate of drug-likeness (QED) is 0.633. The van der Waals surface area contributed by atoms with Crippen molar-refractivity contribution >= 4 is 31.5 Å². The summed E-state index contributed by atoms with van der Waals surface area (Å²) in [6.07, 6.45) is 0. The summed E-state index contributed by atoms with van der Waals surface area (Å²) in [4.78, 5) is 4.27. The number of hydrogen-bond acceptors (Lipinski definition) is 2. The van der Waals surface area contributed by atoms with Gasteiger partial charge >= 0.3 is 83.7 Å². The van der Waals surface area contributed by atoms with Crippen molar-refractivity contribution in [2.75, 3.05) is 0 Å². The number of aromatic nitrogens is 1. The Kier molecular flexibility index (Phi) is 2.02. The number of benzene rings is 1. The summed E-state index contributed by atoms with van der Waals surface area (Å²) >= 11 is 2.78. The summed E-state index contributed by atoms with van der Waals surface area (Å²) < 4.78 is 0.668. The number of fused-ring (bicyclic) bond motifs is 1. The van der Waals surface area contributed by atoms with Gasteiger partial charge in [0.25, 0.3) is 0 Å². The van der Waals surface area contributed by atoms with Gasteiger partial charge in [-0.25, -0.2) is 0 Å². The zero-order valence-electron chi connectivity index (χ0n) is 6.69. The zero-order valence-corrected chi connectivity index (χ0v) is 8.40.